The van der Waals surface area contributed by atoms with Crippen molar-refractivity contribution < 1.29 is 14.0 Å². The molecule has 0 N–H and O–H groups in total. The van der Waals surface area contributed by atoms with Crippen LogP contribution in [0.2, 0.25) is 0 Å². The average molecular weight is 234 g/mol. The lowest BCUT2D eigenvalue weighted by Gasteiger charge is -2.33. The molecule has 0 saturated carbocycles. The van der Waals surface area contributed by atoms with Crippen molar-refractivity contribution in [1.82, 2.24) is 0 Å². The normalized spacial score (nSPS) is 19.1. The van der Waals surface area contributed by atoms with Crippen molar-refractivity contribution >= 4 is 7.12 Å². The Hall–Kier alpha value is -0.995. The van der Waals surface area contributed by atoms with Gasteiger partial charge in [0.05, 0.1) is 7.11 Å². The third-order valence-electron chi connectivity index (χ3n) is 2.88. The number of hydrogen-bond acceptors (Lipinski definition) is 3. The van der Waals surface area contributed by atoms with Gasteiger partial charge in [0, 0.05) is 24.9 Å². The van der Waals surface area contributed by atoms with Gasteiger partial charge in [-0.2, -0.15) is 0 Å². The second-order valence-electron chi connectivity index (χ2n) is 5.27. The van der Waals surface area contributed by atoms with Crippen molar-refractivity contribution in [2.75, 3.05) is 20.3 Å². The van der Waals surface area contributed by atoms with Gasteiger partial charge in [-0.3, -0.25) is 0 Å². The first-order valence-electron chi connectivity index (χ1n) is 5.95. The Bertz CT molecular complexity index is 351. The molecule has 3 nitrogen and oxygen atoms in total. The Balaban J connectivity index is 1.89. The minimum absolute atomic E-state index is 0.114. The van der Waals surface area contributed by atoms with Gasteiger partial charge in [-0.15, -0.1) is 0 Å². The van der Waals surface area contributed by atoms with Crippen LogP contribution in [0.3, 0.4) is 0 Å². The summed E-state index contributed by atoms with van der Waals surface area (Å²) < 4.78 is 16.5. The smallest absolute Gasteiger partial charge is 0.461 e. The molecule has 0 radical (unpaired) electrons. The zero-order chi connectivity index (χ0) is 12.3. The van der Waals surface area contributed by atoms with Crippen molar-refractivity contribution in [1.29, 1.82) is 0 Å². The van der Waals surface area contributed by atoms with E-state index in [-0.39, 0.29) is 12.5 Å². The van der Waals surface area contributed by atoms with E-state index in [0.29, 0.717) is 0 Å². The van der Waals surface area contributed by atoms with E-state index in [9.17, 15) is 0 Å². The summed E-state index contributed by atoms with van der Waals surface area (Å²) >= 11 is 0. The molecule has 4 heteroatoms. The summed E-state index contributed by atoms with van der Waals surface area (Å²) in [6.45, 7) is 5.81. The number of hydrogen-bond donors (Lipinski definition) is 0. The lowest BCUT2D eigenvalue weighted by molar-refractivity contribution is 0.0278. The Morgan fingerprint density at radius 1 is 1.18 bits per heavy atom. The molecule has 0 bridgehead atoms. The summed E-state index contributed by atoms with van der Waals surface area (Å²) in [4.78, 5) is 0. The van der Waals surface area contributed by atoms with E-state index in [0.717, 1.165) is 25.3 Å². The predicted molar refractivity (Wildman–Crippen MR) is 68.1 cm³/mol. The predicted octanol–water partition coefficient (Wildman–Crippen LogP) is 2.34. The molecular weight excluding hydrogens is 215 g/mol. The Labute approximate surface area is 103 Å². The van der Waals surface area contributed by atoms with E-state index in [2.05, 4.69) is 13.8 Å². The van der Waals surface area contributed by atoms with E-state index in [1.165, 1.54) is 5.56 Å². The first-order valence-corrected chi connectivity index (χ1v) is 5.95. The Morgan fingerprint density at radius 3 is 2.29 bits per heavy atom. The van der Waals surface area contributed by atoms with Crippen LogP contribution in [0.25, 0.3) is 0 Å². The molecule has 0 aliphatic carbocycles. The molecule has 1 aromatic rings. The molecule has 0 amide bonds. The number of benzene rings is 1. The van der Waals surface area contributed by atoms with Crippen LogP contribution >= 0.6 is 0 Å². The van der Waals surface area contributed by atoms with Crippen LogP contribution in [0, 0.1) is 5.41 Å². The Morgan fingerprint density at radius 2 is 1.76 bits per heavy atom. The van der Waals surface area contributed by atoms with E-state index in [1.54, 1.807) is 7.11 Å². The number of ether oxygens (including phenoxy) is 1. The summed E-state index contributed by atoms with van der Waals surface area (Å²) in [5.74, 6) is 0.875. The summed E-state index contributed by atoms with van der Waals surface area (Å²) in [6, 6.07) is 8.01. The molecule has 0 atom stereocenters. The molecule has 17 heavy (non-hydrogen) atoms. The average Bonchev–Trinajstić information content (AvgIpc) is 2.33. The van der Waals surface area contributed by atoms with Gasteiger partial charge in [-0.25, -0.2) is 0 Å². The molecule has 1 heterocycles. The van der Waals surface area contributed by atoms with Gasteiger partial charge in [0.15, 0.2) is 0 Å². The molecule has 0 unspecified atom stereocenters. The monoisotopic (exact) mass is 234 g/mol. The summed E-state index contributed by atoms with van der Waals surface area (Å²) in [7, 11) is 1.56. The second-order valence-corrected chi connectivity index (χ2v) is 5.27. The van der Waals surface area contributed by atoms with Crippen LogP contribution in [-0.4, -0.2) is 27.4 Å². The van der Waals surface area contributed by atoms with Crippen LogP contribution in [-0.2, 0) is 15.6 Å². The SMILES string of the molecule is COc1ccc(CB2OCC(C)(C)CO2)cc1. The quantitative estimate of drug-likeness (QED) is 0.751. The second kappa shape index (κ2) is 5.11. The van der Waals surface area contributed by atoms with Gasteiger partial charge in [0.1, 0.15) is 5.75 Å². The highest BCUT2D eigenvalue weighted by Gasteiger charge is 2.31. The molecule has 0 spiro atoms. The topological polar surface area (TPSA) is 27.7 Å². The molecule has 1 aliphatic heterocycles. The fraction of sp³-hybridized carbons (Fsp3) is 0.538. The van der Waals surface area contributed by atoms with Gasteiger partial charge in [-0.05, 0) is 17.7 Å². The van der Waals surface area contributed by atoms with Gasteiger partial charge >= 0.3 is 7.12 Å². The summed E-state index contributed by atoms with van der Waals surface area (Å²) in [5.41, 5.74) is 1.34. The molecule has 2 rings (SSSR count). The highest BCUT2D eigenvalue weighted by Crippen LogP contribution is 2.23. The lowest BCUT2D eigenvalue weighted by atomic mass is 9.77. The zero-order valence-corrected chi connectivity index (χ0v) is 10.7. The minimum atomic E-state index is -0.114. The lowest BCUT2D eigenvalue weighted by Crippen LogP contribution is -2.41. The van der Waals surface area contributed by atoms with Gasteiger partial charge in [-0.1, -0.05) is 26.0 Å². The van der Waals surface area contributed by atoms with Crippen molar-refractivity contribution in [2.45, 2.75) is 20.2 Å². The number of methoxy groups -OCH3 is 1. The summed E-state index contributed by atoms with van der Waals surface area (Å²) in [6.07, 6.45) is 0.792. The van der Waals surface area contributed by atoms with Crippen LogP contribution < -0.4 is 4.74 Å². The highest BCUT2D eigenvalue weighted by atomic mass is 16.6. The van der Waals surface area contributed by atoms with Gasteiger partial charge < -0.3 is 14.0 Å². The minimum Gasteiger partial charge on any atom is -0.497 e. The molecule has 1 aliphatic rings. The van der Waals surface area contributed by atoms with E-state index >= 15 is 0 Å². The van der Waals surface area contributed by atoms with Crippen molar-refractivity contribution in [2.24, 2.45) is 5.41 Å². The highest BCUT2D eigenvalue weighted by molar-refractivity contribution is 6.44. The number of rotatable bonds is 3. The Kier molecular flexibility index (Phi) is 3.74. The molecule has 0 aromatic heterocycles. The van der Waals surface area contributed by atoms with Crippen molar-refractivity contribution in [3.63, 3.8) is 0 Å². The third-order valence-corrected chi connectivity index (χ3v) is 2.88. The fourth-order valence-electron chi connectivity index (χ4n) is 1.80. The van der Waals surface area contributed by atoms with E-state index < -0.39 is 0 Å². The maximum Gasteiger partial charge on any atom is 0.461 e. The maximum absolute atomic E-state index is 5.70. The van der Waals surface area contributed by atoms with Crippen molar-refractivity contribution in [3.8, 4) is 5.75 Å². The van der Waals surface area contributed by atoms with Gasteiger partial charge in [0.2, 0.25) is 0 Å². The third kappa shape index (κ3) is 3.48. The van der Waals surface area contributed by atoms with E-state index in [4.69, 9.17) is 14.0 Å². The first-order chi connectivity index (χ1) is 8.09. The molecule has 1 aromatic carbocycles. The molecule has 92 valence electrons. The first kappa shape index (κ1) is 12.5. The van der Waals surface area contributed by atoms with Crippen LogP contribution in [0.5, 0.6) is 5.75 Å². The fourth-order valence-corrected chi connectivity index (χ4v) is 1.80. The largest absolute Gasteiger partial charge is 0.497 e. The molecular formula is C13H19BO3. The van der Waals surface area contributed by atoms with Crippen LogP contribution in [0.15, 0.2) is 24.3 Å². The zero-order valence-electron chi connectivity index (χ0n) is 10.7. The van der Waals surface area contributed by atoms with Crippen molar-refractivity contribution in [3.05, 3.63) is 29.8 Å². The van der Waals surface area contributed by atoms with Gasteiger partial charge in [0.25, 0.3) is 0 Å². The molecule has 1 saturated heterocycles. The standard InChI is InChI=1S/C13H19BO3/c1-13(2)9-16-14(17-10-13)8-11-4-6-12(15-3)7-5-11/h4-7H,8-10H2,1-3H3. The van der Waals surface area contributed by atoms with Crippen LogP contribution in [0.1, 0.15) is 19.4 Å². The summed E-state index contributed by atoms with van der Waals surface area (Å²) in [5, 5.41) is 0. The molecule has 1 fully saturated rings. The maximum atomic E-state index is 5.70. The van der Waals surface area contributed by atoms with Crippen LogP contribution in [0.4, 0.5) is 0 Å². The van der Waals surface area contributed by atoms with E-state index in [1.807, 2.05) is 24.3 Å².